The first-order valence-corrected chi connectivity index (χ1v) is 9.31. The molecule has 146 valence electrons. The van der Waals surface area contributed by atoms with E-state index in [9.17, 15) is 14.9 Å². The minimum atomic E-state index is -0.690. The van der Waals surface area contributed by atoms with Gasteiger partial charge in [0.15, 0.2) is 0 Å². The zero-order valence-electron chi connectivity index (χ0n) is 15.6. The van der Waals surface area contributed by atoms with Crippen LogP contribution >= 0.6 is 23.2 Å². The van der Waals surface area contributed by atoms with Crippen molar-refractivity contribution in [2.45, 2.75) is 6.92 Å². The first-order chi connectivity index (χ1) is 13.8. The number of hydrogen-bond acceptors (Lipinski definition) is 3. The summed E-state index contributed by atoms with van der Waals surface area (Å²) in [6, 6.07) is 15.7. The fraction of sp³-hybridized carbons (Fsp3) is 0.0952. The highest BCUT2D eigenvalue weighted by molar-refractivity contribution is 6.42. The Kier molecular flexibility index (Phi) is 5.92. The van der Waals surface area contributed by atoms with E-state index >= 15 is 0 Å². The number of halogens is 2. The standard InChI is InChI=1S/C21H16Cl2N4O2/c1-13-19(21(29)27(26(13)2)16-6-4-3-5-7-16)25-20(28)15(12-24)10-14-8-9-17(22)18(23)11-14/h3-11H,1-2H3,(H,25,28)/b15-10+. The number of carbonyl (C=O) groups is 1. The van der Waals surface area contributed by atoms with Crippen LogP contribution < -0.4 is 10.9 Å². The number of aromatic nitrogens is 2. The molecular formula is C21H16Cl2N4O2. The SMILES string of the molecule is Cc1c(NC(=O)/C(C#N)=C/c2ccc(Cl)c(Cl)c2)c(=O)n(-c2ccccc2)n1C. The molecule has 0 unspecified atom stereocenters. The zero-order chi connectivity index (χ0) is 21.1. The molecule has 0 aliphatic carbocycles. The summed E-state index contributed by atoms with van der Waals surface area (Å²) in [4.78, 5) is 25.5. The van der Waals surface area contributed by atoms with Crippen molar-refractivity contribution in [3.05, 3.63) is 85.8 Å². The fourth-order valence-electron chi connectivity index (χ4n) is 2.81. The van der Waals surface area contributed by atoms with Crippen molar-refractivity contribution in [3.63, 3.8) is 0 Å². The van der Waals surface area contributed by atoms with Gasteiger partial charge in [-0.05, 0) is 42.8 Å². The smallest absolute Gasteiger partial charge is 0.295 e. The van der Waals surface area contributed by atoms with Crippen molar-refractivity contribution in [2.24, 2.45) is 7.05 Å². The van der Waals surface area contributed by atoms with Crippen LogP contribution in [0.1, 0.15) is 11.3 Å². The molecule has 0 atom stereocenters. The van der Waals surface area contributed by atoms with Crippen LogP contribution in [0.25, 0.3) is 11.8 Å². The topological polar surface area (TPSA) is 79.8 Å². The molecule has 0 aliphatic heterocycles. The van der Waals surface area contributed by atoms with Crippen LogP contribution in [0.3, 0.4) is 0 Å². The summed E-state index contributed by atoms with van der Waals surface area (Å²) in [6.07, 6.45) is 1.38. The van der Waals surface area contributed by atoms with Gasteiger partial charge < -0.3 is 5.32 Å². The summed E-state index contributed by atoms with van der Waals surface area (Å²) in [5, 5.41) is 12.6. The Hall–Kier alpha value is -3.27. The Morgan fingerprint density at radius 1 is 1.14 bits per heavy atom. The third-order valence-electron chi connectivity index (χ3n) is 4.41. The van der Waals surface area contributed by atoms with E-state index in [1.54, 1.807) is 49.0 Å². The van der Waals surface area contributed by atoms with E-state index in [4.69, 9.17) is 23.2 Å². The number of para-hydroxylation sites is 1. The minimum absolute atomic E-state index is 0.108. The predicted molar refractivity (Wildman–Crippen MR) is 114 cm³/mol. The van der Waals surface area contributed by atoms with E-state index in [0.717, 1.165) is 0 Å². The predicted octanol–water partition coefficient (Wildman–Crippen LogP) is 4.34. The van der Waals surface area contributed by atoms with E-state index in [2.05, 4.69) is 5.32 Å². The van der Waals surface area contributed by atoms with Gasteiger partial charge in [0, 0.05) is 7.05 Å². The third kappa shape index (κ3) is 4.11. The highest BCUT2D eigenvalue weighted by Crippen LogP contribution is 2.24. The maximum absolute atomic E-state index is 12.9. The lowest BCUT2D eigenvalue weighted by molar-refractivity contribution is -0.112. The van der Waals surface area contributed by atoms with E-state index in [-0.39, 0.29) is 11.3 Å². The number of nitrogens with zero attached hydrogens (tertiary/aromatic N) is 3. The Bertz CT molecular complexity index is 1220. The number of hydrogen-bond donors (Lipinski definition) is 1. The molecule has 1 heterocycles. The number of carbonyl (C=O) groups excluding carboxylic acids is 1. The van der Waals surface area contributed by atoms with E-state index < -0.39 is 11.5 Å². The maximum Gasteiger partial charge on any atom is 0.295 e. The molecule has 0 radical (unpaired) electrons. The molecule has 2 aromatic carbocycles. The van der Waals surface area contributed by atoms with Gasteiger partial charge in [0.2, 0.25) is 0 Å². The molecule has 0 bridgehead atoms. The third-order valence-corrected chi connectivity index (χ3v) is 5.15. The van der Waals surface area contributed by atoms with Crippen LogP contribution in [0.4, 0.5) is 5.69 Å². The molecule has 6 nitrogen and oxygen atoms in total. The highest BCUT2D eigenvalue weighted by atomic mass is 35.5. The highest BCUT2D eigenvalue weighted by Gasteiger charge is 2.20. The molecule has 0 fully saturated rings. The first kappa shape index (κ1) is 20.5. The lowest BCUT2D eigenvalue weighted by Crippen LogP contribution is -2.23. The average molecular weight is 427 g/mol. The van der Waals surface area contributed by atoms with Crippen molar-refractivity contribution in [3.8, 4) is 11.8 Å². The summed E-state index contributed by atoms with van der Waals surface area (Å²) in [5.41, 5.74) is 1.30. The summed E-state index contributed by atoms with van der Waals surface area (Å²) in [6.45, 7) is 1.71. The summed E-state index contributed by atoms with van der Waals surface area (Å²) < 4.78 is 3.09. The second kappa shape index (κ2) is 8.39. The van der Waals surface area contributed by atoms with Crippen LogP contribution in [-0.4, -0.2) is 15.3 Å². The first-order valence-electron chi connectivity index (χ1n) is 8.55. The quantitative estimate of drug-likeness (QED) is 0.497. The van der Waals surface area contributed by atoms with Gasteiger partial charge in [-0.2, -0.15) is 5.26 Å². The van der Waals surface area contributed by atoms with Crippen LogP contribution in [0.2, 0.25) is 10.0 Å². The van der Waals surface area contributed by atoms with Crippen LogP contribution in [0.5, 0.6) is 0 Å². The molecule has 1 amide bonds. The molecule has 3 aromatic rings. The lowest BCUT2D eigenvalue weighted by Gasteiger charge is -2.07. The Balaban J connectivity index is 1.96. The van der Waals surface area contributed by atoms with E-state index in [1.165, 1.54) is 10.8 Å². The lowest BCUT2D eigenvalue weighted by atomic mass is 10.1. The average Bonchev–Trinajstić information content (AvgIpc) is 2.92. The van der Waals surface area contributed by atoms with Gasteiger partial charge in [-0.1, -0.05) is 47.5 Å². The van der Waals surface area contributed by atoms with Crippen molar-refractivity contribution in [1.82, 2.24) is 9.36 Å². The molecule has 3 rings (SSSR count). The fourth-order valence-corrected chi connectivity index (χ4v) is 3.12. The monoisotopic (exact) mass is 426 g/mol. The van der Waals surface area contributed by atoms with Gasteiger partial charge in [0.05, 0.1) is 21.4 Å². The van der Waals surface area contributed by atoms with Crippen molar-refractivity contribution >= 4 is 40.9 Å². The number of anilines is 1. The Morgan fingerprint density at radius 3 is 2.45 bits per heavy atom. The van der Waals surface area contributed by atoms with Gasteiger partial charge in [-0.25, -0.2) is 4.68 Å². The molecule has 1 aromatic heterocycles. The number of benzene rings is 2. The van der Waals surface area contributed by atoms with Gasteiger partial charge in [-0.15, -0.1) is 0 Å². The summed E-state index contributed by atoms with van der Waals surface area (Å²) in [5.74, 6) is -0.690. The largest absolute Gasteiger partial charge is 0.315 e. The van der Waals surface area contributed by atoms with Crippen LogP contribution in [0, 0.1) is 18.3 Å². The Labute approximate surface area is 177 Å². The molecule has 29 heavy (non-hydrogen) atoms. The normalized spacial score (nSPS) is 11.2. The van der Waals surface area contributed by atoms with Gasteiger partial charge in [0.1, 0.15) is 17.3 Å². The molecule has 0 saturated carbocycles. The second-order valence-electron chi connectivity index (χ2n) is 6.23. The Morgan fingerprint density at radius 2 is 1.83 bits per heavy atom. The van der Waals surface area contributed by atoms with Crippen molar-refractivity contribution in [2.75, 3.05) is 5.32 Å². The van der Waals surface area contributed by atoms with Gasteiger partial charge in [0.25, 0.3) is 11.5 Å². The van der Waals surface area contributed by atoms with E-state index in [1.807, 2.05) is 24.3 Å². The summed E-state index contributed by atoms with van der Waals surface area (Å²) >= 11 is 11.9. The number of nitrogens with one attached hydrogen (secondary N) is 1. The van der Waals surface area contributed by atoms with Gasteiger partial charge >= 0.3 is 0 Å². The van der Waals surface area contributed by atoms with Crippen LogP contribution in [-0.2, 0) is 11.8 Å². The maximum atomic E-state index is 12.9. The van der Waals surface area contributed by atoms with Crippen LogP contribution in [0.15, 0.2) is 58.9 Å². The molecular weight excluding hydrogens is 411 g/mol. The zero-order valence-corrected chi connectivity index (χ0v) is 17.1. The van der Waals surface area contributed by atoms with E-state index in [0.29, 0.717) is 27.0 Å². The molecule has 0 spiro atoms. The van der Waals surface area contributed by atoms with Crippen molar-refractivity contribution < 1.29 is 4.79 Å². The molecule has 0 saturated heterocycles. The number of rotatable bonds is 4. The minimum Gasteiger partial charge on any atom is -0.315 e. The molecule has 1 N–H and O–H groups in total. The molecule has 0 aliphatic rings. The van der Waals surface area contributed by atoms with Crippen molar-refractivity contribution in [1.29, 1.82) is 5.26 Å². The number of nitriles is 1. The second-order valence-corrected chi connectivity index (χ2v) is 7.05. The summed E-state index contributed by atoms with van der Waals surface area (Å²) in [7, 11) is 1.72. The molecule has 8 heteroatoms. The van der Waals surface area contributed by atoms with Gasteiger partial charge in [-0.3, -0.25) is 14.3 Å². The number of amides is 1.